The molecule has 6 heteroatoms. The number of aliphatic hydroxyl groups excluding tert-OH is 1. The summed E-state index contributed by atoms with van der Waals surface area (Å²) in [5.74, 6) is -0.499. The summed E-state index contributed by atoms with van der Waals surface area (Å²) in [5.41, 5.74) is 0. The molecule has 18 heavy (non-hydrogen) atoms. The van der Waals surface area contributed by atoms with Gasteiger partial charge in [-0.3, -0.25) is 9.59 Å². The number of rotatable bonds is 11. The summed E-state index contributed by atoms with van der Waals surface area (Å²) in [6, 6.07) is 0. The second kappa shape index (κ2) is 10.9. The third kappa shape index (κ3) is 9.95. The topological polar surface area (TPSA) is 84.9 Å². The molecule has 0 saturated heterocycles. The first kappa shape index (κ1) is 16.8. The van der Waals surface area contributed by atoms with E-state index < -0.39 is 12.1 Å². The second-order valence-electron chi connectivity index (χ2n) is 3.73. The van der Waals surface area contributed by atoms with E-state index in [-0.39, 0.29) is 38.3 Å². The van der Waals surface area contributed by atoms with Gasteiger partial charge in [0.15, 0.2) is 0 Å². The van der Waals surface area contributed by atoms with Crippen LogP contribution >= 0.6 is 0 Å². The Kier molecular flexibility index (Phi) is 10.1. The molecule has 2 N–H and O–H groups in total. The summed E-state index contributed by atoms with van der Waals surface area (Å²) in [7, 11) is 1.28. The molecule has 0 amide bonds. The van der Waals surface area contributed by atoms with Crippen LogP contribution in [0.15, 0.2) is 12.7 Å². The summed E-state index contributed by atoms with van der Waals surface area (Å²) < 4.78 is 9.46. The van der Waals surface area contributed by atoms with Gasteiger partial charge in [-0.25, -0.2) is 0 Å². The fourth-order valence-corrected chi connectivity index (χ4v) is 1.16. The number of carbonyl (C=O) groups excluding carboxylic acids is 2. The summed E-state index contributed by atoms with van der Waals surface area (Å²) in [6.07, 6.45) is 1.15. The highest BCUT2D eigenvalue weighted by molar-refractivity contribution is 5.84. The van der Waals surface area contributed by atoms with Crippen molar-refractivity contribution in [1.82, 2.24) is 5.32 Å². The lowest BCUT2D eigenvalue weighted by Gasteiger charge is -2.11. The Bertz CT molecular complexity index is 267. The maximum atomic E-state index is 11.3. The summed E-state index contributed by atoms with van der Waals surface area (Å²) in [4.78, 5) is 22.1. The molecule has 0 bridgehead atoms. The van der Waals surface area contributed by atoms with Gasteiger partial charge in [0.2, 0.25) is 0 Å². The van der Waals surface area contributed by atoms with Gasteiger partial charge >= 0.3 is 5.97 Å². The quantitative estimate of drug-likeness (QED) is 0.300. The maximum absolute atomic E-state index is 11.3. The number of ether oxygens (including phenoxy) is 2. The van der Waals surface area contributed by atoms with Crippen molar-refractivity contribution in [2.45, 2.75) is 18.9 Å². The van der Waals surface area contributed by atoms with E-state index in [2.05, 4.69) is 16.6 Å². The molecule has 0 radical (unpaired) electrons. The molecule has 104 valence electrons. The van der Waals surface area contributed by atoms with Gasteiger partial charge in [0, 0.05) is 13.0 Å². The highest BCUT2D eigenvalue weighted by Gasteiger charge is 2.08. The third-order valence-corrected chi connectivity index (χ3v) is 2.08. The largest absolute Gasteiger partial charge is 0.469 e. The fourth-order valence-electron chi connectivity index (χ4n) is 1.16. The van der Waals surface area contributed by atoms with Crippen molar-refractivity contribution in [3.63, 3.8) is 0 Å². The number of esters is 1. The Morgan fingerprint density at radius 2 is 2.17 bits per heavy atom. The van der Waals surface area contributed by atoms with Crippen molar-refractivity contribution in [2.24, 2.45) is 0 Å². The van der Waals surface area contributed by atoms with Crippen LogP contribution in [-0.4, -0.2) is 56.4 Å². The Balaban J connectivity index is 3.49. The summed E-state index contributed by atoms with van der Waals surface area (Å²) >= 11 is 0. The van der Waals surface area contributed by atoms with E-state index in [0.29, 0.717) is 6.61 Å². The van der Waals surface area contributed by atoms with Gasteiger partial charge in [-0.15, -0.1) is 6.58 Å². The van der Waals surface area contributed by atoms with Crippen LogP contribution in [0.3, 0.4) is 0 Å². The Labute approximate surface area is 107 Å². The molecule has 0 aliphatic heterocycles. The summed E-state index contributed by atoms with van der Waals surface area (Å²) in [6.45, 7) is 4.44. The number of ketones is 1. The monoisotopic (exact) mass is 259 g/mol. The molecule has 0 rings (SSSR count). The number of hydrogen-bond acceptors (Lipinski definition) is 6. The number of Topliss-reactive ketones (excluding diaryl/α,β-unsaturated/α-hetero) is 1. The SMILES string of the molecule is C=CCOCC(O)CNCC(=O)CCC(=O)OC. The molecule has 0 saturated carbocycles. The molecular weight excluding hydrogens is 238 g/mol. The number of methoxy groups -OCH3 is 1. The zero-order valence-corrected chi connectivity index (χ0v) is 10.7. The normalized spacial score (nSPS) is 11.9. The molecule has 6 nitrogen and oxygen atoms in total. The molecule has 1 unspecified atom stereocenters. The van der Waals surface area contributed by atoms with Gasteiger partial charge in [0.1, 0.15) is 5.78 Å². The van der Waals surface area contributed by atoms with Gasteiger partial charge in [0.05, 0.1) is 39.4 Å². The first-order valence-corrected chi connectivity index (χ1v) is 5.76. The fraction of sp³-hybridized carbons (Fsp3) is 0.667. The minimum Gasteiger partial charge on any atom is -0.469 e. The first-order chi connectivity index (χ1) is 8.60. The van der Waals surface area contributed by atoms with E-state index in [4.69, 9.17) is 4.74 Å². The van der Waals surface area contributed by atoms with Gasteiger partial charge in [-0.05, 0) is 0 Å². The predicted molar refractivity (Wildman–Crippen MR) is 66.1 cm³/mol. The lowest BCUT2D eigenvalue weighted by molar-refractivity contribution is -0.141. The van der Waals surface area contributed by atoms with Crippen LogP contribution in [0.1, 0.15) is 12.8 Å². The molecule has 0 aliphatic carbocycles. The van der Waals surface area contributed by atoms with Crippen molar-refractivity contribution in [3.05, 3.63) is 12.7 Å². The van der Waals surface area contributed by atoms with E-state index in [1.807, 2.05) is 0 Å². The number of nitrogens with one attached hydrogen (secondary N) is 1. The van der Waals surface area contributed by atoms with Crippen LogP contribution in [0.25, 0.3) is 0 Å². The smallest absolute Gasteiger partial charge is 0.305 e. The van der Waals surface area contributed by atoms with Crippen LogP contribution < -0.4 is 5.32 Å². The second-order valence-corrected chi connectivity index (χ2v) is 3.73. The van der Waals surface area contributed by atoms with E-state index in [1.165, 1.54) is 7.11 Å². The lowest BCUT2D eigenvalue weighted by atomic mass is 10.2. The molecule has 0 fully saturated rings. The van der Waals surface area contributed by atoms with Gasteiger partial charge in [-0.2, -0.15) is 0 Å². The van der Waals surface area contributed by atoms with Crippen LogP contribution in [0.2, 0.25) is 0 Å². The van der Waals surface area contributed by atoms with Crippen molar-refractivity contribution in [2.75, 3.05) is 33.4 Å². The van der Waals surface area contributed by atoms with Crippen molar-refractivity contribution in [1.29, 1.82) is 0 Å². The van der Waals surface area contributed by atoms with Gasteiger partial charge < -0.3 is 19.9 Å². The minimum atomic E-state index is -0.668. The molecule has 0 aliphatic rings. The van der Waals surface area contributed by atoms with E-state index >= 15 is 0 Å². The van der Waals surface area contributed by atoms with Crippen LogP contribution in [0.5, 0.6) is 0 Å². The molecular formula is C12H21NO5. The average molecular weight is 259 g/mol. The lowest BCUT2D eigenvalue weighted by Crippen LogP contribution is -2.33. The van der Waals surface area contributed by atoms with Crippen LogP contribution in [0, 0.1) is 0 Å². The highest BCUT2D eigenvalue weighted by Crippen LogP contribution is 1.93. The molecule has 0 aromatic heterocycles. The Hall–Kier alpha value is -1.24. The van der Waals surface area contributed by atoms with Gasteiger partial charge in [-0.1, -0.05) is 6.08 Å². The number of hydrogen-bond donors (Lipinski definition) is 2. The third-order valence-electron chi connectivity index (χ3n) is 2.08. The predicted octanol–water partition coefficient (Wildman–Crippen LogP) is -0.338. The summed E-state index contributed by atoms with van der Waals surface area (Å²) in [5, 5.41) is 12.2. The van der Waals surface area contributed by atoms with Crippen LogP contribution in [0.4, 0.5) is 0 Å². The zero-order valence-electron chi connectivity index (χ0n) is 10.7. The molecule has 0 heterocycles. The van der Waals surface area contributed by atoms with Crippen LogP contribution in [-0.2, 0) is 19.1 Å². The number of aliphatic hydroxyl groups is 1. The standard InChI is InChI=1S/C12H21NO5/c1-3-6-18-9-11(15)8-13-7-10(14)4-5-12(16)17-2/h3,11,13,15H,1,4-9H2,2H3. The average Bonchev–Trinajstić information content (AvgIpc) is 2.36. The maximum Gasteiger partial charge on any atom is 0.305 e. The van der Waals surface area contributed by atoms with Crippen molar-refractivity contribution < 1.29 is 24.2 Å². The van der Waals surface area contributed by atoms with E-state index in [9.17, 15) is 14.7 Å². The zero-order chi connectivity index (χ0) is 13.8. The molecule has 0 aromatic rings. The molecule has 0 aromatic carbocycles. The van der Waals surface area contributed by atoms with E-state index in [1.54, 1.807) is 6.08 Å². The highest BCUT2D eigenvalue weighted by atomic mass is 16.5. The van der Waals surface area contributed by atoms with Crippen molar-refractivity contribution >= 4 is 11.8 Å². The minimum absolute atomic E-state index is 0.0853. The Morgan fingerprint density at radius 3 is 2.78 bits per heavy atom. The number of carbonyl (C=O) groups is 2. The molecule has 1 atom stereocenters. The first-order valence-electron chi connectivity index (χ1n) is 5.76. The van der Waals surface area contributed by atoms with E-state index in [0.717, 1.165) is 0 Å². The van der Waals surface area contributed by atoms with Crippen molar-refractivity contribution in [3.8, 4) is 0 Å². The Morgan fingerprint density at radius 1 is 1.44 bits per heavy atom. The van der Waals surface area contributed by atoms with Gasteiger partial charge in [0.25, 0.3) is 0 Å². The molecule has 0 spiro atoms.